The zero-order chi connectivity index (χ0) is 17.5. The summed E-state index contributed by atoms with van der Waals surface area (Å²) < 4.78 is 0. The van der Waals surface area contributed by atoms with Gasteiger partial charge in [-0.25, -0.2) is 0 Å². The molecule has 1 aliphatic carbocycles. The minimum Gasteiger partial charge on any atom is -0.396 e. The van der Waals surface area contributed by atoms with Crippen LogP contribution < -0.4 is 5.32 Å². The fourth-order valence-electron chi connectivity index (χ4n) is 3.59. The summed E-state index contributed by atoms with van der Waals surface area (Å²) >= 11 is 0. The summed E-state index contributed by atoms with van der Waals surface area (Å²) in [6.07, 6.45) is 6.44. The van der Waals surface area contributed by atoms with E-state index in [1.165, 1.54) is 25.3 Å². The van der Waals surface area contributed by atoms with Crippen molar-refractivity contribution in [1.82, 2.24) is 5.32 Å². The van der Waals surface area contributed by atoms with Crippen molar-refractivity contribution in [2.75, 3.05) is 6.61 Å². The highest BCUT2D eigenvalue weighted by Gasteiger charge is 2.25. The number of nitro groups is 1. The Hall–Kier alpha value is -1.95. The highest BCUT2D eigenvalue weighted by molar-refractivity contribution is 5.79. The average molecular weight is 334 g/mol. The van der Waals surface area contributed by atoms with Crippen molar-refractivity contribution in [2.45, 2.75) is 57.9 Å². The Labute approximate surface area is 142 Å². The fraction of sp³-hybridized carbons (Fsp3) is 0.611. The Morgan fingerprint density at radius 2 is 2.08 bits per heavy atom. The smallest absolute Gasteiger partial charge is 0.272 e. The molecule has 1 saturated carbocycles. The third kappa shape index (κ3) is 4.77. The van der Waals surface area contributed by atoms with Gasteiger partial charge in [-0.15, -0.1) is 0 Å². The first-order valence-electron chi connectivity index (χ1n) is 8.66. The second kappa shape index (κ2) is 8.78. The van der Waals surface area contributed by atoms with Gasteiger partial charge in [-0.3, -0.25) is 14.9 Å². The van der Waals surface area contributed by atoms with Gasteiger partial charge in [0.25, 0.3) is 5.69 Å². The Morgan fingerprint density at radius 3 is 2.71 bits per heavy atom. The summed E-state index contributed by atoms with van der Waals surface area (Å²) in [5.41, 5.74) is 1.25. The number of aliphatic hydroxyl groups excluding tert-OH is 1. The molecule has 0 aliphatic heterocycles. The minimum atomic E-state index is -0.423. The number of amides is 1. The van der Waals surface area contributed by atoms with Crippen LogP contribution in [0.25, 0.3) is 0 Å². The zero-order valence-electron chi connectivity index (χ0n) is 14.2. The molecule has 1 amide bonds. The van der Waals surface area contributed by atoms with Gasteiger partial charge < -0.3 is 10.4 Å². The van der Waals surface area contributed by atoms with Crippen molar-refractivity contribution < 1.29 is 14.8 Å². The van der Waals surface area contributed by atoms with Crippen molar-refractivity contribution in [3.05, 3.63) is 39.4 Å². The first kappa shape index (κ1) is 18.4. The molecule has 1 aromatic rings. The molecule has 0 bridgehead atoms. The molecule has 1 aliphatic rings. The van der Waals surface area contributed by atoms with Crippen LogP contribution in [0.4, 0.5) is 5.69 Å². The number of carbonyl (C=O) groups is 1. The van der Waals surface area contributed by atoms with Gasteiger partial charge in [-0.05, 0) is 37.7 Å². The van der Waals surface area contributed by atoms with Crippen LogP contribution in [-0.2, 0) is 11.2 Å². The molecule has 24 heavy (non-hydrogen) atoms. The number of nitrogens with one attached hydrogen (secondary N) is 1. The number of benzene rings is 1. The largest absolute Gasteiger partial charge is 0.396 e. The number of hydrogen-bond donors (Lipinski definition) is 2. The van der Waals surface area contributed by atoms with Gasteiger partial charge in [0.05, 0.1) is 11.3 Å². The summed E-state index contributed by atoms with van der Waals surface area (Å²) in [5, 5.41) is 23.3. The maximum absolute atomic E-state index is 12.4. The van der Waals surface area contributed by atoms with Gasteiger partial charge in [-0.2, -0.15) is 0 Å². The lowest BCUT2D eigenvalue weighted by atomic mass is 9.82. The van der Waals surface area contributed by atoms with E-state index in [0.717, 1.165) is 12.8 Å². The molecule has 132 valence electrons. The van der Waals surface area contributed by atoms with Gasteiger partial charge in [0.1, 0.15) is 0 Å². The summed E-state index contributed by atoms with van der Waals surface area (Å²) in [4.78, 5) is 23.0. The van der Waals surface area contributed by atoms with E-state index in [0.29, 0.717) is 23.5 Å². The molecule has 0 heterocycles. The lowest BCUT2D eigenvalue weighted by molar-refractivity contribution is -0.385. The predicted octanol–water partition coefficient (Wildman–Crippen LogP) is 2.89. The van der Waals surface area contributed by atoms with Gasteiger partial charge in [0, 0.05) is 24.3 Å². The average Bonchev–Trinajstić information content (AvgIpc) is 2.57. The van der Waals surface area contributed by atoms with Crippen LogP contribution in [0.1, 0.15) is 49.7 Å². The highest BCUT2D eigenvalue weighted by atomic mass is 16.6. The van der Waals surface area contributed by atoms with Crippen molar-refractivity contribution >= 4 is 11.6 Å². The highest BCUT2D eigenvalue weighted by Crippen LogP contribution is 2.28. The normalized spacial score (nSPS) is 16.6. The summed E-state index contributed by atoms with van der Waals surface area (Å²) in [6.45, 7) is 1.73. The molecule has 0 aromatic heterocycles. The van der Waals surface area contributed by atoms with Crippen molar-refractivity contribution in [3.8, 4) is 0 Å². The second-order valence-corrected chi connectivity index (χ2v) is 6.58. The molecule has 6 nitrogen and oxygen atoms in total. The van der Waals surface area contributed by atoms with Crippen molar-refractivity contribution in [3.63, 3.8) is 0 Å². The zero-order valence-corrected chi connectivity index (χ0v) is 14.2. The lowest BCUT2D eigenvalue weighted by Crippen LogP contribution is -2.42. The molecule has 2 N–H and O–H groups in total. The Bertz CT molecular complexity index is 582. The summed E-state index contributed by atoms with van der Waals surface area (Å²) in [5.74, 6) is 0.281. The number of carbonyl (C=O) groups excluding carboxylic acids is 1. The molecule has 1 unspecified atom stereocenters. The van der Waals surface area contributed by atoms with E-state index in [-0.39, 0.29) is 30.7 Å². The molecule has 1 fully saturated rings. The van der Waals surface area contributed by atoms with Crippen molar-refractivity contribution in [2.24, 2.45) is 5.92 Å². The van der Waals surface area contributed by atoms with Crippen LogP contribution in [0.2, 0.25) is 0 Å². The number of hydrogen-bond acceptors (Lipinski definition) is 4. The third-order valence-electron chi connectivity index (χ3n) is 4.97. The maximum atomic E-state index is 12.4. The van der Waals surface area contributed by atoms with Gasteiger partial charge in [-0.1, -0.05) is 31.4 Å². The van der Waals surface area contributed by atoms with Crippen LogP contribution in [-0.4, -0.2) is 28.6 Å². The van der Waals surface area contributed by atoms with Crippen LogP contribution in [0, 0.1) is 23.0 Å². The molecule has 2 rings (SSSR count). The predicted molar refractivity (Wildman–Crippen MR) is 91.7 cm³/mol. The van der Waals surface area contributed by atoms with E-state index in [1.54, 1.807) is 19.1 Å². The molecule has 1 aromatic carbocycles. The van der Waals surface area contributed by atoms with E-state index in [1.807, 2.05) is 0 Å². The van der Waals surface area contributed by atoms with E-state index in [2.05, 4.69) is 5.32 Å². The number of nitro benzene ring substituents is 1. The number of nitrogens with zero attached hydrogens (tertiary/aromatic N) is 1. The summed E-state index contributed by atoms with van der Waals surface area (Å²) in [7, 11) is 0. The number of rotatable bonds is 7. The third-order valence-corrected chi connectivity index (χ3v) is 4.97. The quantitative estimate of drug-likeness (QED) is 0.592. The molecular weight excluding hydrogens is 308 g/mol. The van der Waals surface area contributed by atoms with Gasteiger partial charge in [0.2, 0.25) is 5.91 Å². The van der Waals surface area contributed by atoms with Crippen LogP contribution in [0.3, 0.4) is 0 Å². The molecule has 1 atom stereocenters. The van der Waals surface area contributed by atoms with Crippen LogP contribution in [0.5, 0.6) is 0 Å². The SMILES string of the molecule is Cc1c(CC(=O)NC(CCO)C2CCCCC2)cccc1[N+](=O)[O-]. The Morgan fingerprint density at radius 1 is 1.38 bits per heavy atom. The number of aliphatic hydroxyl groups is 1. The first-order chi connectivity index (χ1) is 11.5. The standard InChI is InChI=1S/C18H26N2O4/c1-13-15(8-5-9-17(13)20(23)24)12-18(22)19-16(10-11-21)14-6-3-2-4-7-14/h5,8-9,14,16,21H,2-4,6-7,10-12H2,1H3,(H,19,22). The van der Waals surface area contributed by atoms with E-state index in [4.69, 9.17) is 0 Å². The minimum absolute atomic E-state index is 0.0122. The van der Waals surface area contributed by atoms with Crippen molar-refractivity contribution in [1.29, 1.82) is 0 Å². The van der Waals surface area contributed by atoms with E-state index >= 15 is 0 Å². The monoisotopic (exact) mass is 334 g/mol. The van der Waals surface area contributed by atoms with E-state index < -0.39 is 4.92 Å². The lowest BCUT2D eigenvalue weighted by Gasteiger charge is -2.30. The van der Waals surface area contributed by atoms with Crippen LogP contribution in [0.15, 0.2) is 18.2 Å². The first-order valence-corrected chi connectivity index (χ1v) is 8.66. The van der Waals surface area contributed by atoms with Gasteiger partial charge in [0.15, 0.2) is 0 Å². The maximum Gasteiger partial charge on any atom is 0.272 e. The topological polar surface area (TPSA) is 92.5 Å². The van der Waals surface area contributed by atoms with E-state index in [9.17, 15) is 20.0 Å². The Kier molecular flexibility index (Phi) is 6.73. The fourth-order valence-corrected chi connectivity index (χ4v) is 3.59. The van der Waals surface area contributed by atoms with Gasteiger partial charge >= 0.3 is 0 Å². The molecule has 0 spiro atoms. The summed E-state index contributed by atoms with van der Waals surface area (Å²) in [6, 6.07) is 4.80. The molecular formula is C18H26N2O4. The second-order valence-electron chi connectivity index (χ2n) is 6.58. The molecule has 0 saturated heterocycles. The molecule has 0 radical (unpaired) electrons. The Balaban J connectivity index is 2.03. The molecule has 6 heteroatoms. The van der Waals surface area contributed by atoms with Crippen LogP contribution >= 0.6 is 0 Å².